The molecule has 9 aromatic rings. The van der Waals surface area contributed by atoms with E-state index >= 15 is 4.57 Å². The van der Waals surface area contributed by atoms with Crippen molar-refractivity contribution in [2.24, 2.45) is 0 Å². The molecule has 0 bridgehead atoms. The third-order valence-corrected chi connectivity index (χ3v) is 39.6. The third kappa shape index (κ3) is 11.0. The molecule has 0 aliphatic rings. The molecular weight excluding hydrogens is 1050 g/mol. The van der Waals surface area contributed by atoms with Gasteiger partial charge >= 0.3 is 483 Å². The van der Waals surface area contributed by atoms with Crippen LogP contribution in [0.4, 0.5) is 0 Å². The first-order valence-corrected chi connectivity index (χ1v) is 38.0. The van der Waals surface area contributed by atoms with Crippen molar-refractivity contribution in [2.75, 3.05) is 18.5 Å². The van der Waals surface area contributed by atoms with Crippen LogP contribution in [0, 0.1) is 0 Å². The molecule has 0 N–H and O–H groups in total. The molecule has 0 fully saturated rings. The van der Waals surface area contributed by atoms with E-state index in [-0.39, 0.29) is 0 Å². The van der Waals surface area contributed by atoms with Crippen LogP contribution in [0.3, 0.4) is 0 Å². The van der Waals surface area contributed by atoms with E-state index in [1.165, 1.54) is 0 Å². The van der Waals surface area contributed by atoms with E-state index in [0.29, 0.717) is 18.5 Å². The Labute approximate surface area is 480 Å². The summed E-state index contributed by atoms with van der Waals surface area (Å²) in [5.74, 6) is 0. The number of rotatable bonds is 30. The van der Waals surface area contributed by atoms with Crippen molar-refractivity contribution in [1.29, 1.82) is 0 Å². The van der Waals surface area contributed by atoms with Crippen LogP contribution in [-0.4, -0.2) is 18.5 Å². The van der Waals surface area contributed by atoms with Gasteiger partial charge in [0.05, 0.1) is 0 Å². The van der Waals surface area contributed by atoms with Gasteiger partial charge in [0.1, 0.15) is 0 Å². The molecule has 0 spiro atoms. The molecule has 8 heteroatoms. The predicted octanol–water partition coefficient (Wildman–Crippen LogP) is 17.2. The molecule has 0 atom stereocenters. The summed E-state index contributed by atoms with van der Waals surface area (Å²) in [6.45, 7) is -7.18. The van der Waals surface area contributed by atoms with E-state index in [4.69, 9.17) is 12.9 Å². The Kier molecular flexibility index (Phi) is 19.6. The molecule has 4 nitrogen and oxygen atoms in total. The Hall–Kier alpha value is -5.62. The summed E-state index contributed by atoms with van der Waals surface area (Å²) in [4.78, 5) is 0. The fourth-order valence-electron chi connectivity index (χ4n) is 13.0. The van der Waals surface area contributed by atoms with E-state index in [2.05, 4.69) is 294 Å². The van der Waals surface area contributed by atoms with Crippen LogP contribution < -0.4 is 47.7 Å². The predicted molar refractivity (Wildman–Crippen MR) is 353 cm³/mol. The Balaban J connectivity index is 1.56. The van der Waals surface area contributed by atoms with Gasteiger partial charge < -0.3 is 0 Å². The second kappa shape index (κ2) is 26.5. The summed E-state index contributed by atoms with van der Waals surface area (Å²) in [5, 5.41) is 8.79. The van der Waals surface area contributed by atoms with Crippen LogP contribution in [-0.2, 0) is 17.5 Å². The molecule has 0 aliphatic carbocycles. The molecule has 0 unspecified atom stereocenters. The normalized spacial score (nSPS) is 14.3. The van der Waals surface area contributed by atoms with Crippen LogP contribution in [0.25, 0.3) is 0 Å². The summed E-state index contributed by atoms with van der Waals surface area (Å²) in [6.07, 6.45) is 13.3. The second-order valence-electron chi connectivity index (χ2n) is 21.7. The van der Waals surface area contributed by atoms with Crippen molar-refractivity contribution in [1.82, 2.24) is 0 Å². The van der Waals surface area contributed by atoms with Gasteiger partial charge in [-0.25, -0.2) is 0 Å². The number of unbranched alkanes of at least 4 members (excludes halogenated alkanes) is 9. The van der Waals surface area contributed by atoms with Crippen LogP contribution in [0.1, 0.15) is 97.8 Å². The molecule has 9 aromatic carbocycles. The topological polar surface area (TPSA) is 44.8 Å². The van der Waals surface area contributed by atoms with Gasteiger partial charge in [-0.1, -0.05) is 0 Å². The van der Waals surface area contributed by atoms with E-state index in [1.807, 2.05) is 0 Å². The fraction of sp³-hybridized carbons (Fsp3) is 0.250. The first-order valence-electron chi connectivity index (χ1n) is 29.6. The van der Waals surface area contributed by atoms with Gasteiger partial charge in [-0.3, -0.25) is 0 Å². The van der Waals surface area contributed by atoms with E-state index in [0.717, 1.165) is 125 Å². The molecule has 0 aromatic heterocycles. The second-order valence-corrected chi connectivity index (χ2v) is 37.8. The average molecular weight is 1140 g/mol. The number of benzene rings is 9. The minimum atomic E-state index is -5.26. The van der Waals surface area contributed by atoms with E-state index < -0.39 is 28.3 Å². The maximum atomic E-state index is 19.9. The summed E-state index contributed by atoms with van der Waals surface area (Å²) in [7, 11) is -5.26. The first kappa shape index (κ1) is 59.0. The molecule has 9 rings (SSSR count). The Morgan fingerprint density at radius 1 is 0.237 bits per heavy atom. The monoisotopic (exact) mass is 1140 g/mol. The molecule has 80 heavy (non-hydrogen) atoms. The molecule has 0 radical (unpaired) electrons. The van der Waals surface area contributed by atoms with Gasteiger partial charge in [0.2, 0.25) is 0 Å². The summed E-state index contributed by atoms with van der Waals surface area (Å²) in [5.41, 5.74) is 0. The van der Waals surface area contributed by atoms with Crippen molar-refractivity contribution in [2.45, 2.75) is 97.8 Å². The van der Waals surface area contributed by atoms with E-state index in [9.17, 15) is 0 Å². The molecule has 0 amide bonds. The number of hydrogen-bond acceptors (Lipinski definition) is 4. The third-order valence-electron chi connectivity index (χ3n) is 16.9. The van der Waals surface area contributed by atoms with Crippen LogP contribution in [0.5, 0.6) is 0 Å². The summed E-state index contributed by atoms with van der Waals surface area (Å²) >= 11 is 0. The first-order chi connectivity index (χ1) is 39.3. The van der Waals surface area contributed by atoms with Crippen molar-refractivity contribution < 1.29 is 17.5 Å². The Morgan fingerprint density at radius 3 is 0.525 bits per heavy atom. The van der Waals surface area contributed by atoms with Crippen molar-refractivity contribution in [3.05, 3.63) is 273 Å². The molecule has 0 saturated carbocycles. The summed E-state index contributed by atoms with van der Waals surface area (Å²) in [6, 6.07) is 97.2. The zero-order valence-corrected chi connectivity index (χ0v) is 51.1. The van der Waals surface area contributed by atoms with Crippen LogP contribution >= 0.6 is 28.3 Å². The number of hydrogen-bond donors (Lipinski definition) is 0. The van der Waals surface area contributed by atoms with Gasteiger partial charge in [-0.05, 0) is 0 Å². The molecular formula is C72H84O4P4. The van der Waals surface area contributed by atoms with Gasteiger partial charge in [0.15, 0.2) is 0 Å². The molecule has 0 aliphatic heterocycles. The molecule has 0 heterocycles. The van der Waals surface area contributed by atoms with Crippen LogP contribution in [0.2, 0.25) is 0 Å². The van der Waals surface area contributed by atoms with Crippen molar-refractivity contribution >= 4 is 76.1 Å². The fourth-order valence-corrected chi connectivity index (χ4v) is 38.5. The standard InChI is InChI=1S/C72H84O4P4/c1-4-7-10-40-61-78(64-43-22-13-23-44-64,65-45-24-14-25-46-65,66-47-26-15-27-48-66)74-77(73,75-79(62-41-11-8-5-2,67-49-28-16-29-50-67,68-51-30-17-31-52-68)69-53-32-18-33-54-69)76-80(63-42-12-9-6-3,70-55-34-19-35-56-70,71-57-36-20-37-58-71)72-59-38-21-39-60-72/h13-39,43-60H,4-12,40-42,61-63H2,1-3H3. The minimum absolute atomic E-state index is 0.559. The quantitative estimate of drug-likeness (QED) is 0.0332. The van der Waals surface area contributed by atoms with Gasteiger partial charge in [0, 0.05) is 0 Å². The molecule has 0 saturated heterocycles. The summed E-state index contributed by atoms with van der Waals surface area (Å²) < 4.78 is 46.9. The average Bonchev–Trinajstić information content (AvgIpc) is 3.68. The van der Waals surface area contributed by atoms with Crippen LogP contribution in [0.15, 0.2) is 273 Å². The van der Waals surface area contributed by atoms with E-state index in [1.54, 1.807) is 0 Å². The zero-order valence-electron chi connectivity index (χ0n) is 47.5. The zero-order chi connectivity index (χ0) is 55.6. The SMILES string of the molecule is CCCCCCP(OP(=O)(OP(CCCCCC)(c1ccccc1)(c1ccccc1)c1ccccc1)OP(CCCCCC)(c1ccccc1)(c1ccccc1)c1ccccc1)(c1ccccc1)(c1ccccc1)c1ccccc1. The molecule has 416 valence electrons. The van der Waals surface area contributed by atoms with Gasteiger partial charge in [-0.15, -0.1) is 0 Å². The van der Waals surface area contributed by atoms with Gasteiger partial charge in [0.25, 0.3) is 0 Å². The van der Waals surface area contributed by atoms with Gasteiger partial charge in [-0.2, -0.15) is 0 Å². The van der Waals surface area contributed by atoms with Crippen molar-refractivity contribution in [3.63, 3.8) is 0 Å². The Morgan fingerprint density at radius 2 is 0.388 bits per heavy atom. The maximum absolute atomic E-state index is 19.9. The number of phosphoric acid groups is 1. The van der Waals surface area contributed by atoms with Crippen molar-refractivity contribution in [3.8, 4) is 0 Å². The Bertz CT molecular complexity index is 2660.